The standard InChI is InChI=1S/C14H16ClNO3/c1-9(14(18)19)8-16(12-6-7-12)13(17)10-2-4-11(15)5-3-10/h2-5,9,12H,6-8H2,1H3,(H,18,19). The topological polar surface area (TPSA) is 57.6 Å². The van der Waals surface area contributed by atoms with Gasteiger partial charge in [0.25, 0.3) is 5.91 Å². The minimum absolute atomic E-state index is 0.118. The summed E-state index contributed by atoms with van der Waals surface area (Å²) in [7, 11) is 0. The zero-order valence-corrected chi connectivity index (χ0v) is 11.4. The van der Waals surface area contributed by atoms with E-state index in [0.717, 1.165) is 12.8 Å². The molecule has 0 bridgehead atoms. The van der Waals surface area contributed by atoms with Crippen LogP contribution in [0.2, 0.25) is 5.02 Å². The molecule has 5 heteroatoms. The van der Waals surface area contributed by atoms with Gasteiger partial charge in [-0.25, -0.2) is 0 Å². The number of aliphatic carboxylic acids is 1. The molecule has 102 valence electrons. The van der Waals surface area contributed by atoms with E-state index in [2.05, 4.69) is 0 Å². The van der Waals surface area contributed by atoms with Gasteiger partial charge in [0.1, 0.15) is 0 Å². The van der Waals surface area contributed by atoms with Crippen molar-refractivity contribution < 1.29 is 14.7 Å². The number of carbonyl (C=O) groups excluding carboxylic acids is 1. The summed E-state index contributed by atoms with van der Waals surface area (Å²) in [5, 5.41) is 9.54. The molecule has 0 aromatic heterocycles. The molecule has 4 nitrogen and oxygen atoms in total. The van der Waals surface area contributed by atoms with E-state index in [9.17, 15) is 9.59 Å². The number of carboxylic acid groups (broad SMARTS) is 1. The molecule has 19 heavy (non-hydrogen) atoms. The molecule has 1 aliphatic carbocycles. The summed E-state index contributed by atoms with van der Waals surface area (Å²) in [5.74, 6) is -1.56. The van der Waals surface area contributed by atoms with Crippen molar-refractivity contribution in [3.05, 3.63) is 34.9 Å². The summed E-state index contributed by atoms with van der Waals surface area (Å²) in [6.07, 6.45) is 1.90. The number of amides is 1. The number of hydrogen-bond acceptors (Lipinski definition) is 2. The van der Waals surface area contributed by atoms with Gasteiger partial charge < -0.3 is 10.0 Å². The quantitative estimate of drug-likeness (QED) is 0.903. The van der Waals surface area contributed by atoms with Crippen LogP contribution in [0.1, 0.15) is 30.1 Å². The molecule has 0 saturated heterocycles. The lowest BCUT2D eigenvalue weighted by molar-refractivity contribution is -0.141. The molecule has 0 radical (unpaired) electrons. The van der Waals surface area contributed by atoms with Crippen LogP contribution >= 0.6 is 11.6 Å². The van der Waals surface area contributed by atoms with Crippen LogP contribution in [0.25, 0.3) is 0 Å². The highest BCUT2D eigenvalue weighted by atomic mass is 35.5. The largest absolute Gasteiger partial charge is 0.481 e. The average Bonchev–Trinajstić information content (AvgIpc) is 3.19. The van der Waals surface area contributed by atoms with Crippen LogP contribution in [0.15, 0.2) is 24.3 Å². The number of halogens is 1. The Balaban J connectivity index is 2.12. The van der Waals surface area contributed by atoms with Crippen LogP contribution in [-0.4, -0.2) is 34.5 Å². The molecular formula is C14H16ClNO3. The number of rotatable bonds is 5. The Morgan fingerprint density at radius 1 is 1.37 bits per heavy atom. The number of benzene rings is 1. The Labute approximate surface area is 117 Å². The van der Waals surface area contributed by atoms with Gasteiger partial charge in [0.05, 0.1) is 5.92 Å². The van der Waals surface area contributed by atoms with Crippen LogP contribution < -0.4 is 0 Å². The van der Waals surface area contributed by atoms with Gasteiger partial charge in [0.15, 0.2) is 0 Å². The summed E-state index contributed by atoms with van der Waals surface area (Å²) < 4.78 is 0. The van der Waals surface area contributed by atoms with E-state index in [4.69, 9.17) is 16.7 Å². The molecule has 0 heterocycles. The van der Waals surface area contributed by atoms with Gasteiger partial charge in [0, 0.05) is 23.2 Å². The highest BCUT2D eigenvalue weighted by molar-refractivity contribution is 6.30. The van der Waals surface area contributed by atoms with E-state index in [-0.39, 0.29) is 18.5 Å². The molecular weight excluding hydrogens is 266 g/mol. The first kappa shape index (κ1) is 13.9. The molecule has 0 spiro atoms. The summed E-state index contributed by atoms with van der Waals surface area (Å²) >= 11 is 5.79. The summed E-state index contributed by atoms with van der Waals surface area (Å²) in [6, 6.07) is 6.86. The Hall–Kier alpha value is -1.55. The van der Waals surface area contributed by atoms with E-state index < -0.39 is 11.9 Å². The van der Waals surface area contributed by atoms with Gasteiger partial charge in [-0.15, -0.1) is 0 Å². The van der Waals surface area contributed by atoms with Crippen molar-refractivity contribution in [2.45, 2.75) is 25.8 Å². The van der Waals surface area contributed by atoms with Gasteiger partial charge in [-0.1, -0.05) is 18.5 Å². The molecule has 1 aromatic carbocycles. The van der Waals surface area contributed by atoms with Crippen molar-refractivity contribution >= 4 is 23.5 Å². The van der Waals surface area contributed by atoms with Crippen molar-refractivity contribution in [3.63, 3.8) is 0 Å². The third-order valence-electron chi connectivity index (χ3n) is 3.23. The number of carbonyl (C=O) groups is 2. The highest BCUT2D eigenvalue weighted by Crippen LogP contribution is 2.29. The molecule has 1 fully saturated rings. The average molecular weight is 282 g/mol. The van der Waals surface area contributed by atoms with E-state index in [1.54, 1.807) is 36.1 Å². The molecule has 1 saturated carbocycles. The maximum atomic E-state index is 12.4. The fourth-order valence-corrected chi connectivity index (χ4v) is 2.04. The first-order valence-corrected chi connectivity index (χ1v) is 6.66. The molecule has 1 amide bonds. The smallest absolute Gasteiger partial charge is 0.308 e. The van der Waals surface area contributed by atoms with Crippen LogP contribution in [0, 0.1) is 5.92 Å². The number of carboxylic acids is 1. The normalized spacial score (nSPS) is 15.9. The monoisotopic (exact) mass is 281 g/mol. The predicted octanol–water partition coefficient (Wildman–Crippen LogP) is 2.67. The summed E-state index contributed by atoms with van der Waals surface area (Å²) in [4.78, 5) is 25.0. The van der Waals surface area contributed by atoms with Crippen LogP contribution in [0.5, 0.6) is 0 Å². The van der Waals surface area contributed by atoms with E-state index in [1.165, 1.54) is 0 Å². The Morgan fingerprint density at radius 2 is 1.95 bits per heavy atom. The molecule has 2 rings (SSSR count). The van der Waals surface area contributed by atoms with Crippen LogP contribution in [-0.2, 0) is 4.79 Å². The zero-order valence-electron chi connectivity index (χ0n) is 10.7. The minimum Gasteiger partial charge on any atom is -0.481 e. The van der Waals surface area contributed by atoms with Gasteiger partial charge in [-0.2, -0.15) is 0 Å². The predicted molar refractivity (Wildman–Crippen MR) is 72.3 cm³/mol. The van der Waals surface area contributed by atoms with E-state index >= 15 is 0 Å². The number of hydrogen-bond donors (Lipinski definition) is 1. The lowest BCUT2D eigenvalue weighted by Crippen LogP contribution is -2.38. The molecule has 0 aliphatic heterocycles. The van der Waals surface area contributed by atoms with Crippen LogP contribution in [0.4, 0.5) is 0 Å². The molecule has 1 atom stereocenters. The summed E-state index contributed by atoms with van der Waals surface area (Å²) in [5.41, 5.74) is 0.550. The maximum Gasteiger partial charge on any atom is 0.308 e. The third-order valence-corrected chi connectivity index (χ3v) is 3.48. The molecule has 1 aliphatic rings. The second-order valence-corrected chi connectivity index (χ2v) is 5.37. The minimum atomic E-state index is -0.880. The zero-order chi connectivity index (χ0) is 14.0. The fraction of sp³-hybridized carbons (Fsp3) is 0.429. The first-order chi connectivity index (χ1) is 8.99. The summed E-state index contributed by atoms with van der Waals surface area (Å²) in [6.45, 7) is 1.87. The van der Waals surface area contributed by atoms with Gasteiger partial charge in [-0.3, -0.25) is 9.59 Å². The maximum absolute atomic E-state index is 12.4. The SMILES string of the molecule is CC(CN(C(=O)c1ccc(Cl)cc1)C1CC1)C(=O)O. The van der Waals surface area contributed by atoms with E-state index in [0.29, 0.717) is 10.6 Å². The third kappa shape index (κ3) is 3.47. The van der Waals surface area contributed by atoms with Crippen molar-refractivity contribution in [1.29, 1.82) is 0 Å². The van der Waals surface area contributed by atoms with Crippen molar-refractivity contribution in [1.82, 2.24) is 4.90 Å². The Morgan fingerprint density at radius 3 is 2.42 bits per heavy atom. The second-order valence-electron chi connectivity index (χ2n) is 4.93. The molecule has 1 unspecified atom stereocenters. The van der Waals surface area contributed by atoms with Gasteiger partial charge in [-0.05, 0) is 37.1 Å². The molecule has 1 aromatic rings. The van der Waals surface area contributed by atoms with Gasteiger partial charge >= 0.3 is 5.97 Å². The Bertz CT molecular complexity index is 482. The van der Waals surface area contributed by atoms with Crippen molar-refractivity contribution in [3.8, 4) is 0 Å². The first-order valence-electron chi connectivity index (χ1n) is 6.28. The van der Waals surface area contributed by atoms with Crippen LogP contribution in [0.3, 0.4) is 0 Å². The fourth-order valence-electron chi connectivity index (χ4n) is 1.92. The van der Waals surface area contributed by atoms with Crippen molar-refractivity contribution in [2.75, 3.05) is 6.54 Å². The Kier molecular flexibility index (Phi) is 4.10. The highest BCUT2D eigenvalue weighted by Gasteiger charge is 2.34. The second kappa shape index (κ2) is 5.61. The number of nitrogens with zero attached hydrogens (tertiary/aromatic N) is 1. The lowest BCUT2D eigenvalue weighted by atomic mass is 10.1. The molecule has 1 N–H and O–H groups in total. The van der Waals surface area contributed by atoms with Crippen molar-refractivity contribution in [2.24, 2.45) is 5.92 Å². The van der Waals surface area contributed by atoms with E-state index in [1.807, 2.05) is 0 Å². The lowest BCUT2D eigenvalue weighted by Gasteiger charge is -2.24. The van der Waals surface area contributed by atoms with Gasteiger partial charge in [0.2, 0.25) is 0 Å².